The third kappa shape index (κ3) is 3.65. The van der Waals surface area contributed by atoms with E-state index in [1.165, 1.54) is 16.4 Å². The van der Waals surface area contributed by atoms with E-state index in [1.807, 2.05) is 0 Å². The molecule has 9 heteroatoms. The summed E-state index contributed by atoms with van der Waals surface area (Å²) < 4.78 is 38.0. The summed E-state index contributed by atoms with van der Waals surface area (Å²) in [6.07, 6.45) is 3.21. The van der Waals surface area contributed by atoms with Crippen molar-refractivity contribution in [3.05, 3.63) is 40.8 Å². The smallest absolute Gasteiger partial charge is 0.337 e. The molecule has 7 nitrogen and oxygen atoms in total. The zero-order valence-electron chi connectivity index (χ0n) is 15.0. The summed E-state index contributed by atoms with van der Waals surface area (Å²) in [4.78, 5) is 12.2. The molecule has 0 amide bonds. The van der Waals surface area contributed by atoms with Gasteiger partial charge in [0, 0.05) is 18.0 Å². The summed E-state index contributed by atoms with van der Waals surface area (Å²) >= 11 is 0.976. The van der Waals surface area contributed by atoms with E-state index in [1.54, 1.807) is 24.3 Å². The standard InChI is InChI=1S/C19H19NO6S2/c21-19(22)14(11-13-3-4-15-16(12-13)26-10-9-25-15)17-5-6-18(27-17)28(23,24)20-7-1-2-8-20/h3-6,11-12H,1-2,7-10H2,(H,21,22)/b14-11-. The number of hydrogen-bond donors (Lipinski definition) is 1. The molecule has 3 heterocycles. The van der Waals surface area contributed by atoms with Gasteiger partial charge in [-0.15, -0.1) is 11.3 Å². The predicted molar refractivity (Wildman–Crippen MR) is 105 cm³/mol. The van der Waals surface area contributed by atoms with Crippen molar-refractivity contribution < 1.29 is 27.8 Å². The number of ether oxygens (including phenoxy) is 2. The zero-order valence-corrected chi connectivity index (χ0v) is 16.6. The summed E-state index contributed by atoms with van der Waals surface area (Å²) in [5, 5.41) is 9.67. The first-order valence-electron chi connectivity index (χ1n) is 8.90. The van der Waals surface area contributed by atoms with E-state index in [4.69, 9.17) is 9.47 Å². The van der Waals surface area contributed by atoms with Crippen molar-refractivity contribution in [2.24, 2.45) is 0 Å². The molecule has 148 valence electrons. The Hall–Kier alpha value is -2.36. The van der Waals surface area contributed by atoms with Crippen molar-refractivity contribution in [2.45, 2.75) is 17.1 Å². The maximum absolute atomic E-state index is 12.7. The van der Waals surface area contributed by atoms with Gasteiger partial charge >= 0.3 is 5.97 Å². The van der Waals surface area contributed by atoms with Crippen LogP contribution < -0.4 is 9.47 Å². The fraction of sp³-hybridized carbons (Fsp3) is 0.316. The molecule has 28 heavy (non-hydrogen) atoms. The van der Waals surface area contributed by atoms with E-state index in [0.717, 1.165) is 24.2 Å². The lowest BCUT2D eigenvalue weighted by atomic mass is 10.1. The number of rotatable bonds is 5. The summed E-state index contributed by atoms with van der Waals surface area (Å²) in [5.41, 5.74) is 0.670. The van der Waals surface area contributed by atoms with E-state index < -0.39 is 16.0 Å². The van der Waals surface area contributed by atoms with E-state index in [-0.39, 0.29) is 9.78 Å². The average Bonchev–Trinajstić information content (AvgIpc) is 3.38. The van der Waals surface area contributed by atoms with Crippen molar-refractivity contribution in [2.75, 3.05) is 26.3 Å². The van der Waals surface area contributed by atoms with Gasteiger partial charge in [-0.3, -0.25) is 0 Å². The quantitative estimate of drug-likeness (QED) is 0.746. The maximum atomic E-state index is 12.7. The minimum absolute atomic E-state index is 0.0320. The Bertz CT molecular complexity index is 1030. The molecule has 0 unspecified atom stereocenters. The SMILES string of the molecule is O=C(O)/C(=C\c1ccc2c(c1)OCCO2)c1ccc(S(=O)(=O)N2CCCC2)s1. The van der Waals surface area contributed by atoms with E-state index in [2.05, 4.69) is 0 Å². The lowest BCUT2D eigenvalue weighted by Gasteiger charge is -2.18. The van der Waals surface area contributed by atoms with Gasteiger partial charge in [0.15, 0.2) is 11.5 Å². The Labute approximate surface area is 166 Å². The minimum atomic E-state index is -3.57. The number of carbonyl (C=O) groups is 1. The normalized spacial score (nSPS) is 17.6. The van der Waals surface area contributed by atoms with Crippen LogP contribution in [0.2, 0.25) is 0 Å². The molecule has 0 spiro atoms. The van der Waals surface area contributed by atoms with Gasteiger partial charge < -0.3 is 14.6 Å². The fourth-order valence-electron chi connectivity index (χ4n) is 3.21. The Morgan fingerprint density at radius 3 is 2.50 bits per heavy atom. The van der Waals surface area contributed by atoms with E-state index in [9.17, 15) is 18.3 Å². The summed E-state index contributed by atoms with van der Waals surface area (Å²) in [6, 6.07) is 8.22. The molecule has 0 aliphatic carbocycles. The Morgan fingerprint density at radius 1 is 1.07 bits per heavy atom. The molecule has 0 atom stereocenters. The monoisotopic (exact) mass is 421 g/mol. The maximum Gasteiger partial charge on any atom is 0.337 e. The largest absolute Gasteiger partial charge is 0.486 e. The van der Waals surface area contributed by atoms with Crippen LogP contribution >= 0.6 is 11.3 Å². The molecular formula is C19H19NO6S2. The highest BCUT2D eigenvalue weighted by Crippen LogP contribution is 2.34. The minimum Gasteiger partial charge on any atom is -0.486 e. The second-order valence-electron chi connectivity index (χ2n) is 6.50. The molecule has 1 aromatic heterocycles. The molecular weight excluding hydrogens is 402 g/mol. The Balaban J connectivity index is 1.67. The molecule has 4 rings (SSSR count). The molecule has 1 saturated heterocycles. The number of sulfonamides is 1. The fourth-order valence-corrected chi connectivity index (χ4v) is 6.20. The molecule has 2 aliphatic heterocycles. The highest BCUT2D eigenvalue weighted by molar-refractivity contribution is 7.91. The summed E-state index contributed by atoms with van der Waals surface area (Å²) in [6.45, 7) is 1.93. The predicted octanol–water partition coefficient (Wildman–Crippen LogP) is 2.93. The molecule has 1 aromatic carbocycles. The van der Waals surface area contributed by atoms with Gasteiger partial charge in [-0.1, -0.05) is 6.07 Å². The molecule has 1 fully saturated rings. The van der Waals surface area contributed by atoms with Crippen LogP contribution in [0.5, 0.6) is 11.5 Å². The molecule has 1 N–H and O–H groups in total. The van der Waals surface area contributed by atoms with Gasteiger partial charge in [0.05, 0.1) is 5.57 Å². The van der Waals surface area contributed by atoms with Crippen LogP contribution in [0, 0.1) is 0 Å². The number of aliphatic carboxylic acids is 1. The van der Waals surface area contributed by atoms with Gasteiger partial charge in [0.1, 0.15) is 17.4 Å². The van der Waals surface area contributed by atoms with Crippen molar-refractivity contribution in [3.8, 4) is 11.5 Å². The number of nitrogens with zero attached hydrogens (tertiary/aromatic N) is 1. The number of carboxylic acids is 1. The highest BCUT2D eigenvalue weighted by Gasteiger charge is 2.29. The van der Waals surface area contributed by atoms with Crippen molar-refractivity contribution in [3.63, 3.8) is 0 Å². The second kappa shape index (κ2) is 7.57. The Morgan fingerprint density at radius 2 is 1.79 bits per heavy atom. The molecule has 2 aliphatic rings. The van der Waals surface area contributed by atoms with Gasteiger partial charge in [-0.25, -0.2) is 13.2 Å². The van der Waals surface area contributed by atoms with Crippen LogP contribution in [-0.4, -0.2) is 50.1 Å². The second-order valence-corrected chi connectivity index (χ2v) is 9.74. The molecule has 0 radical (unpaired) electrons. The van der Waals surface area contributed by atoms with Crippen LogP contribution in [0.15, 0.2) is 34.5 Å². The number of hydrogen-bond acceptors (Lipinski definition) is 6. The van der Waals surface area contributed by atoms with Gasteiger partial charge in [0.25, 0.3) is 10.0 Å². The molecule has 2 aromatic rings. The highest BCUT2D eigenvalue weighted by atomic mass is 32.2. The molecule has 0 saturated carbocycles. The average molecular weight is 421 g/mol. The third-order valence-corrected chi connectivity index (χ3v) is 8.10. The number of carboxylic acid groups (broad SMARTS) is 1. The first-order valence-corrected chi connectivity index (χ1v) is 11.2. The van der Waals surface area contributed by atoms with Gasteiger partial charge in [-0.05, 0) is 48.7 Å². The lowest BCUT2D eigenvalue weighted by Crippen LogP contribution is -2.27. The van der Waals surface area contributed by atoms with E-state index in [0.29, 0.717) is 48.2 Å². The van der Waals surface area contributed by atoms with Gasteiger partial charge in [-0.2, -0.15) is 4.31 Å². The topological polar surface area (TPSA) is 93.1 Å². The zero-order chi connectivity index (χ0) is 19.7. The van der Waals surface area contributed by atoms with Crippen LogP contribution in [0.25, 0.3) is 11.6 Å². The van der Waals surface area contributed by atoms with Crippen molar-refractivity contribution in [1.29, 1.82) is 0 Å². The lowest BCUT2D eigenvalue weighted by molar-refractivity contribution is -0.130. The van der Waals surface area contributed by atoms with Crippen molar-refractivity contribution >= 4 is 39.0 Å². The summed E-state index contributed by atoms with van der Waals surface area (Å²) in [7, 11) is -3.57. The third-order valence-electron chi connectivity index (χ3n) is 4.61. The number of fused-ring (bicyclic) bond motifs is 1. The first kappa shape index (κ1) is 19.0. The van der Waals surface area contributed by atoms with Crippen LogP contribution in [-0.2, 0) is 14.8 Å². The van der Waals surface area contributed by atoms with Crippen molar-refractivity contribution in [1.82, 2.24) is 4.31 Å². The Kier molecular flexibility index (Phi) is 5.13. The van der Waals surface area contributed by atoms with Crippen LogP contribution in [0.1, 0.15) is 23.3 Å². The molecule has 0 bridgehead atoms. The van der Waals surface area contributed by atoms with Crippen LogP contribution in [0.4, 0.5) is 0 Å². The van der Waals surface area contributed by atoms with E-state index >= 15 is 0 Å². The van der Waals surface area contributed by atoms with Crippen LogP contribution in [0.3, 0.4) is 0 Å². The number of thiophene rings is 1. The first-order chi connectivity index (χ1) is 13.4. The summed E-state index contributed by atoms with van der Waals surface area (Å²) in [5.74, 6) is 0.0606. The number of benzene rings is 1. The van der Waals surface area contributed by atoms with Gasteiger partial charge in [0.2, 0.25) is 0 Å².